The zero-order valence-corrected chi connectivity index (χ0v) is 12.1. The number of thiazole rings is 1. The minimum Gasteiger partial charge on any atom is -0.314 e. The topological polar surface area (TPSA) is 28.2 Å². The average molecular weight is 253 g/mol. The van der Waals surface area contributed by atoms with Gasteiger partial charge in [0.2, 0.25) is 0 Å². The molecule has 0 amide bonds. The van der Waals surface area contributed by atoms with Crippen LogP contribution in [0.25, 0.3) is 0 Å². The van der Waals surface area contributed by atoms with Crippen molar-refractivity contribution in [1.29, 1.82) is 0 Å². The Balaban J connectivity index is 2.01. The fraction of sp³-hybridized carbons (Fsp3) is 0.769. The van der Waals surface area contributed by atoms with E-state index in [9.17, 15) is 0 Å². The van der Waals surface area contributed by atoms with Crippen LogP contribution in [0, 0.1) is 0 Å². The van der Waals surface area contributed by atoms with Gasteiger partial charge in [0.05, 0.1) is 10.7 Å². The van der Waals surface area contributed by atoms with E-state index in [0.717, 1.165) is 26.2 Å². The number of aromatic nitrogens is 1. The first kappa shape index (κ1) is 13.0. The van der Waals surface area contributed by atoms with Gasteiger partial charge in [-0.1, -0.05) is 20.8 Å². The van der Waals surface area contributed by atoms with Crippen molar-refractivity contribution in [2.75, 3.05) is 19.6 Å². The summed E-state index contributed by atoms with van der Waals surface area (Å²) in [6.07, 6.45) is 0. The van der Waals surface area contributed by atoms with Gasteiger partial charge < -0.3 is 5.32 Å². The summed E-state index contributed by atoms with van der Waals surface area (Å²) in [5, 5.41) is 6.88. The average Bonchev–Trinajstić information content (AvgIpc) is 2.69. The largest absolute Gasteiger partial charge is 0.314 e. The number of nitrogens with zero attached hydrogens (tertiary/aromatic N) is 2. The van der Waals surface area contributed by atoms with Crippen LogP contribution in [0.4, 0.5) is 0 Å². The zero-order chi connectivity index (χ0) is 12.5. The molecule has 1 aliphatic rings. The Morgan fingerprint density at radius 3 is 2.88 bits per heavy atom. The highest BCUT2D eigenvalue weighted by molar-refractivity contribution is 7.09. The van der Waals surface area contributed by atoms with Gasteiger partial charge in [0.25, 0.3) is 0 Å². The molecule has 1 aromatic heterocycles. The summed E-state index contributed by atoms with van der Waals surface area (Å²) in [4.78, 5) is 7.28. The van der Waals surface area contributed by atoms with Crippen molar-refractivity contribution in [3.8, 4) is 0 Å². The molecule has 3 nitrogen and oxygen atoms in total. The lowest BCUT2D eigenvalue weighted by Gasteiger charge is -2.33. The lowest BCUT2D eigenvalue weighted by atomic mass is 9.98. The summed E-state index contributed by atoms with van der Waals surface area (Å²) in [7, 11) is 0. The Labute approximate surface area is 108 Å². The molecule has 0 aliphatic carbocycles. The fourth-order valence-electron chi connectivity index (χ4n) is 2.05. The minimum absolute atomic E-state index is 0.179. The maximum absolute atomic E-state index is 4.77. The number of hydrogen-bond donors (Lipinski definition) is 1. The summed E-state index contributed by atoms with van der Waals surface area (Å²) >= 11 is 1.79. The Kier molecular flexibility index (Phi) is 3.85. The van der Waals surface area contributed by atoms with Crippen LogP contribution in [-0.4, -0.2) is 35.6 Å². The summed E-state index contributed by atoms with van der Waals surface area (Å²) in [5.41, 5.74) is 1.41. The van der Waals surface area contributed by atoms with Crippen LogP contribution >= 0.6 is 11.3 Å². The number of rotatable bonds is 2. The van der Waals surface area contributed by atoms with E-state index in [0.29, 0.717) is 6.04 Å². The standard InChI is InChI=1S/C13H23N3S/c1-10-7-14-5-6-16(10)8-11-9-17-12(15-11)13(2,3)4/h9-10,14H,5-8H2,1-4H3/t10-/m1/s1. The van der Waals surface area contributed by atoms with Crippen molar-refractivity contribution in [3.63, 3.8) is 0 Å². The highest BCUT2D eigenvalue weighted by atomic mass is 32.1. The van der Waals surface area contributed by atoms with E-state index >= 15 is 0 Å². The molecule has 1 N–H and O–H groups in total. The maximum Gasteiger partial charge on any atom is 0.0982 e. The van der Waals surface area contributed by atoms with Crippen molar-refractivity contribution < 1.29 is 0 Å². The van der Waals surface area contributed by atoms with Crippen LogP contribution < -0.4 is 5.32 Å². The molecule has 96 valence electrons. The summed E-state index contributed by atoms with van der Waals surface area (Å²) in [5.74, 6) is 0. The molecule has 1 aliphatic heterocycles. The molecule has 0 saturated carbocycles. The van der Waals surface area contributed by atoms with Gasteiger partial charge in [-0.2, -0.15) is 0 Å². The number of piperazine rings is 1. The molecule has 2 rings (SSSR count). The van der Waals surface area contributed by atoms with E-state index in [1.165, 1.54) is 10.7 Å². The zero-order valence-electron chi connectivity index (χ0n) is 11.3. The molecule has 0 unspecified atom stereocenters. The predicted molar refractivity (Wildman–Crippen MR) is 73.6 cm³/mol. The van der Waals surface area contributed by atoms with E-state index in [2.05, 4.69) is 43.3 Å². The predicted octanol–water partition coefficient (Wildman–Crippen LogP) is 2.23. The molecule has 2 heterocycles. The van der Waals surface area contributed by atoms with E-state index in [1.54, 1.807) is 11.3 Å². The van der Waals surface area contributed by atoms with Crippen molar-refractivity contribution in [1.82, 2.24) is 15.2 Å². The van der Waals surface area contributed by atoms with Crippen LogP contribution in [0.2, 0.25) is 0 Å². The maximum atomic E-state index is 4.77. The normalized spacial score (nSPS) is 22.9. The summed E-state index contributed by atoms with van der Waals surface area (Å²) in [6, 6.07) is 0.614. The fourth-order valence-corrected chi connectivity index (χ4v) is 2.95. The minimum atomic E-state index is 0.179. The van der Waals surface area contributed by atoms with Gasteiger partial charge in [0.15, 0.2) is 0 Å². The van der Waals surface area contributed by atoms with Crippen LogP contribution in [0.1, 0.15) is 38.4 Å². The van der Waals surface area contributed by atoms with Gasteiger partial charge >= 0.3 is 0 Å². The van der Waals surface area contributed by atoms with Gasteiger partial charge in [-0.15, -0.1) is 11.3 Å². The number of hydrogen-bond acceptors (Lipinski definition) is 4. The van der Waals surface area contributed by atoms with Crippen LogP contribution in [0.3, 0.4) is 0 Å². The van der Waals surface area contributed by atoms with Gasteiger partial charge in [0.1, 0.15) is 0 Å². The van der Waals surface area contributed by atoms with Crippen LogP contribution in [-0.2, 0) is 12.0 Å². The lowest BCUT2D eigenvalue weighted by molar-refractivity contribution is 0.164. The van der Waals surface area contributed by atoms with Crippen molar-refractivity contribution in [2.24, 2.45) is 0 Å². The molecule has 0 aromatic carbocycles. The third-order valence-electron chi connectivity index (χ3n) is 3.20. The molecule has 1 saturated heterocycles. The van der Waals surface area contributed by atoms with E-state index in [4.69, 9.17) is 4.98 Å². The Morgan fingerprint density at radius 2 is 2.29 bits per heavy atom. The van der Waals surface area contributed by atoms with Gasteiger partial charge in [0, 0.05) is 43.0 Å². The first-order valence-corrected chi connectivity index (χ1v) is 7.24. The molecular weight excluding hydrogens is 230 g/mol. The van der Waals surface area contributed by atoms with E-state index < -0.39 is 0 Å². The van der Waals surface area contributed by atoms with E-state index in [1.807, 2.05) is 0 Å². The molecule has 1 fully saturated rings. The smallest absolute Gasteiger partial charge is 0.0982 e. The second-order valence-corrected chi connectivity index (χ2v) is 6.78. The monoisotopic (exact) mass is 253 g/mol. The van der Waals surface area contributed by atoms with E-state index in [-0.39, 0.29) is 5.41 Å². The number of nitrogens with one attached hydrogen (secondary N) is 1. The molecular formula is C13H23N3S. The van der Waals surface area contributed by atoms with Crippen molar-refractivity contribution >= 4 is 11.3 Å². The molecule has 1 aromatic rings. The highest BCUT2D eigenvalue weighted by Gasteiger charge is 2.21. The quantitative estimate of drug-likeness (QED) is 0.876. The molecule has 17 heavy (non-hydrogen) atoms. The van der Waals surface area contributed by atoms with Crippen LogP contribution in [0.5, 0.6) is 0 Å². The lowest BCUT2D eigenvalue weighted by Crippen LogP contribution is -2.49. The van der Waals surface area contributed by atoms with Gasteiger partial charge in [-0.05, 0) is 6.92 Å². The molecule has 0 spiro atoms. The third kappa shape index (κ3) is 3.27. The first-order chi connectivity index (χ1) is 7.97. The summed E-state index contributed by atoms with van der Waals surface area (Å²) in [6.45, 7) is 13.3. The highest BCUT2D eigenvalue weighted by Crippen LogP contribution is 2.26. The second-order valence-electron chi connectivity index (χ2n) is 5.92. The Bertz CT molecular complexity index is 367. The molecule has 1 atom stereocenters. The first-order valence-electron chi connectivity index (χ1n) is 6.36. The van der Waals surface area contributed by atoms with Crippen molar-refractivity contribution in [2.45, 2.75) is 45.7 Å². The van der Waals surface area contributed by atoms with Gasteiger partial charge in [-0.25, -0.2) is 4.98 Å². The molecule has 0 radical (unpaired) electrons. The Morgan fingerprint density at radius 1 is 1.53 bits per heavy atom. The summed E-state index contributed by atoms with van der Waals surface area (Å²) < 4.78 is 0. The third-order valence-corrected chi connectivity index (χ3v) is 4.51. The van der Waals surface area contributed by atoms with Crippen LogP contribution in [0.15, 0.2) is 5.38 Å². The second kappa shape index (κ2) is 5.04. The van der Waals surface area contributed by atoms with Gasteiger partial charge in [-0.3, -0.25) is 4.90 Å². The SMILES string of the molecule is C[C@@H]1CNCCN1Cc1csc(C(C)(C)C)n1. The Hall–Kier alpha value is -0.450. The molecule has 0 bridgehead atoms. The van der Waals surface area contributed by atoms with Crippen molar-refractivity contribution in [3.05, 3.63) is 16.1 Å². The molecule has 4 heteroatoms.